The lowest BCUT2D eigenvalue weighted by molar-refractivity contribution is 0.0824. The first kappa shape index (κ1) is 20.8. The topological polar surface area (TPSA) is 61.8 Å². The highest BCUT2D eigenvalue weighted by Gasteiger charge is 2.30. The van der Waals surface area contributed by atoms with Crippen LogP contribution in [-0.4, -0.2) is 30.1 Å². The average molecular weight is 378 g/mol. The fraction of sp³-hybridized carbons (Fsp3) is 0.650. The van der Waals surface area contributed by atoms with E-state index in [1.807, 2.05) is 23.7 Å². The van der Waals surface area contributed by atoms with E-state index in [2.05, 4.69) is 58.9 Å². The fourth-order valence-corrected chi connectivity index (χ4v) is 4.60. The summed E-state index contributed by atoms with van der Waals surface area (Å²) in [7, 11) is -1.79. The van der Waals surface area contributed by atoms with Gasteiger partial charge in [-0.1, -0.05) is 20.8 Å². The minimum atomic E-state index is -1.79. The molecular formula is C20H35N3O2Si-. The van der Waals surface area contributed by atoms with E-state index in [0.717, 1.165) is 24.1 Å². The summed E-state index contributed by atoms with van der Waals surface area (Å²) in [6.45, 7) is 18.3. The highest BCUT2D eigenvalue weighted by atomic mass is 28.4. The number of aromatic nitrogens is 2. The van der Waals surface area contributed by atoms with Crippen molar-refractivity contribution in [2.75, 3.05) is 12.3 Å². The molecule has 0 aromatic carbocycles. The zero-order valence-corrected chi connectivity index (χ0v) is 18.6. The SMILES string of the molecule is CCOc1cn2nc(CCC(C)(C)O[Si-](C)(C)C(C)(C)C)cc2cc1N. The van der Waals surface area contributed by atoms with E-state index in [4.69, 9.17) is 14.9 Å². The first-order valence-corrected chi connectivity index (χ1v) is 12.4. The maximum absolute atomic E-state index is 6.62. The number of fused-ring (bicyclic) bond motifs is 1. The third kappa shape index (κ3) is 4.80. The van der Waals surface area contributed by atoms with E-state index >= 15 is 0 Å². The van der Waals surface area contributed by atoms with E-state index in [-0.39, 0.29) is 10.6 Å². The zero-order chi connectivity index (χ0) is 19.8. The molecule has 2 heterocycles. The second kappa shape index (κ2) is 7.23. The predicted octanol–water partition coefficient (Wildman–Crippen LogP) is 5.05. The largest absolute Gasteiger partial charge is 0.560 e. The summed E-state index contributed by atoms with van der Waals surface area (Å²) in [5.74, 6) is 0.677. The Morgan fingerprint density at radius 2 is 1.81 bits per heavy atom. The van der Waals surface area contributed by atoms with Crippen LogP contribution in [0.25, 0.3) is 5.52 Å². The van der Waals surface area contributed by atoms with Gasteiger partial charge in [0.25, 0.3) is 0 Å². The van der Waals surface area contributed by atoms with Crippen LogP contribution < -0.4 is 10.5 Å². The summed E-state index contributed by atoms with van der Waals surface area (Å²) >= 11 is 0. The molecule has 147 valence electrons. The molecule has 0 aliphatic rings. The number of nitrogens with two attached hydrogens (primary N) is 1. The number of aryl methyl sites for hydroxylation is 1. The molecule has 0 fully saturated rings. The molecule has 0 bridgehead atoms. The average Bonchev–Trinajstić information content (AvgIpc) is 2.85. The molecule has 0 radical (unpaired) electrons. The second-order valence-electron chi connectivity index (χ2n) is 9.15. The standard InChI is InChI=1S/C20H35N3O2Si/c1-9-24-18-14-23-16(13-17(18)21)12-15(22-23)10-11-20(5,6)25-26(7,8)19(2,3)4/h12-14H,9-11,21H2,1-8H3/q-1. The molecule has 0 spiro atoms. The highest BCUT2D eigenvalue weighted by molar-refractivity contribution is 6.74. The van der Waals surface area contributed by atoms with Gasteiger partial charge in [-0.25, -0.2) is 4.52 Å². The lowest BCUT2D eigenvalue weighted by Crippen LogP contribution is -2.47. The zero-order valence-electron chi connectivity index (χ0n) is 17.6. The summed E-state index contributed by atoms with van der Waals surface area (Å²) in [4.78, 5) is 0. The monoisotopic (exact) mass is 377 g/mol. The van der Waals surface area contributed by atoms with Gasteiger partial charge in [0.2, 0.25) is 0 Å². The molecule has 2 aromatic heterocycles. The van der Waals surface area contributed by atoms with Crippen LogP contribution in [0.4, 0.5) is 5.69 Å². The van der Waals surface area contributed by atoms with Crippen LogP contribution in [0.5, 0.6) is 5.75 Å². The van der Waals surface area contributed by atoms with Gasteiger partial charge in [0.1, 0.15) is 0 Å². The molecule has 5 nitrogen and oxygen atoms in total. The van der Waals surface area contributed by atoms with Crippen molar-refractivity contribution < 1.29 is 9.16 Å². The Kier molecular flexibility index (Phi) is 5.78. The summed E-state index contributed by atoms with van der Waals surface area (Å²) in [5.41, 5.74) is 8.56. The fourth-order valence-electron chi connectivity index (χ4n) is 2.81. The molecule has 2 aromatic rings. The van der Waals surface area contributed by atoms with Crippen LogP contribution in [0.15, 0.2) is 18.3 Å². The molecule has 0 amide bonds. The van der Waals surface area contributed by atoms with Crippen molar-refractivity contribution in [3.8, 4) is 5.75 Å². The number of nitrogen functional groups attached to an aromatic ring is 1. The third-order valence-electron chi connectivity index (χ3n) is 5.26. The van der Waals surface area contributed by atoms with Crippen LogP contribution in [0.3, 0.4) is 0 Å². The Labute approximate surface area is 159 Å². The van der Waals surface area contributed by atoms with Gasteiger partial charge in [-0.05, 0) is 54.1 Å². The van der Waals surface area contributed by atoms with E-state index in [1.165, 1.54) is 0 Å². The van der Waals surface area contributed by atoms with Crippen molar-refractivity contribution in [3.63, 3.8) is 0 Å². The molecule has 26 heavy (non-hydrogen) atoms. The Bertz CT molecular complexity index is 760. The Balaban J connectivity index is 2.11. The molecule has 0 atom stereocenters. The van der Waals surface area contributed by atoms with Crippen LogP contribution in [0.1, 0.15) is 53.7 Å². The number of hydrogen-bond acceptors (Lipinski definition) is 4. The van der Waals surface area contributed by atoms with Crippen molar-refractivity contribution in [1.82, 2.24) is 9.61 Å². The molecule has 0 unspecified atom stereocenters. The minimum Gasteiger partial charge on any atom is -0.560 e. The number of hydrogen-bond donors (Lipinski definition) is 1. The maximum atomic E-state index is 6.62. The van der Waals surface area contributed by atoms with E-state index < -0.39 is 8.32 Å². The first-order valence-electron chi connectivity index (χ1n) is 9.45. The number of rotatable bonds is 7. The lowest BCUT2D eigenvalue weighted by Gasteiger charge is -2.53. The summed E-state index contributed by atoms with van der Waals surface area (Å²) in [6.07, 6.45) is 3.65. The first-order chi connectivity index (χ1) is 11.8. The van der Waals surface area contributed by atoms with E-state index in [1.54, 1.807) is 0 Å². The van der Waals surface area contributed by atoms with Gasteiger partial charge in [-0.3, -0.25) is 0 Å². The van der Waals surface area contributed by atoms with Crippen molar-refractivity contribution >= 4 is 19.5 Å². The predicted molar refractivity (Wildman–Crippen MR) is 111 cm³/mol. The third-order valence-corrected chi connectivity index (χ3v) is 9.94. The normalized spacial score (nSPS) is 13.4. The van der Waals surface area contributed by atoms with Gasteiger partial charge in [-0.15, -0.1) is 18.1 Å². The van der Waals surface area contributed by atoms with Crippen LogP contribution in [0.2, 0.25) is 18.1 Å². The van der Waals surface area contributed by atoms with E-state index in [9.17, 15) is 0 Å². The van der Waals surface area contributed by atoms with Crippen molar-refractivity contribution in [3.05, 3.63) is 24.0 Å². The van der Waals surface area contributed by atoms with Gasteiger partial charge < -0.3 is 14.9 Å². The van der Waals surface area contributed by atoms with Gasteiger partial charge in [0.15, 0.2) is 5.75 Å². The summed E-state index contributed by atoms with van der Waals surface area (Å²) < 4.78 is 14.0. The molecule has 2 N–H and O–H groups in total. The van der Waals surface area contributed by atoms with Crippen molar-refractivity contribution in [1.29, 1.82) is 0 Å². The summed E-state index contributed by atoms with van der Waals surface area (Å²) in [5, 5.41) is 4.89. The Morgan fingerprint density at radius 3 is 2.38 bits per heavy atom. The Hall–Kier alpha value is -1.53. The van der Waals surface area contributed by atoms with Crippen LogP contribution in [-0.2, 0) is 10.8 Å². The number of ether oxygens (including phenoxy) is 1. The molecule has 0 saturated carbocycles. The van der Waals surface area contributed by atoms with Crippen molar-refractivity contribution in [2.24, 2.45) is 0 Å². The molecule has 0 aliphatic carbocycles. The van der Waals surface area contributed by atoms with Gasteiger partial charge in [0, 0.05) is 5.60 Å². The molecule has 6 heteroatoms. The van der Waals surface area contributed by atoms with Crippen LogP contribution in [0, 0.1) is 0 Å². The van der Waals surface area contributed by atoms with Gasteiger partial charge >= 0.3 is 0 Å². The lowest BCUT2D eigenvalue weighted by atomic mass is 10.0. The Morgan fingerprint density at radius 1 is 1.15 bits per heavy atom. The minimum absolute atomic E-state index is 0.172. The van der Waals surface area contributed by atoms with Gasteiger partial charge in [-0.2, -0.15) is 5.10 Å². The molecular weight excluding hydrogens is 342 g/mol. The molecule has 0 saturated heterocycles. The highest BCUT2D eigenvalue weighted by Crippen LogP contribution is 2.40. The maximum Gasteiger partial charge on any atom is 0.160 e. The summed E-state index contributed by atoms with van der Waals surface area (Å²) in [6, 6.07) is 4.01. The number of pyridine rings is 1. The second-order valence-corrected chi connectivity index (χ2v) is 13.9. The molecule has 0 aliphatic heterocycles. The van der Waals surface area contributed by atoms with E-state index in [0.29, 0.717) is 18.0 Å². The number of anilines is 1. The van der Waals surface area contributed by atoms with Gasteiger partial charge in [0.05, 0.1) is 29.7 Å². The molecule has 2 rings (SSSR count). The van der Waals surface area contributed by atoms with Crippen LogP contribution >= 0.6 is 0 Å². The quantitative estimate of drug-likeness (QED) is 0.686. The number of nitrogens with zero attached hydrogens (tertiary/aromatic N) is 2. The van der Waals surface area contributed by atoms with Crippen molar-refractivity contribution in [2.45, 2.75) is 78.1 Å². The smallest absolute Gasteiger partial charge is 0.160 e.